The van der Waals surface area contributed by atoms with Crippen molar-refractivity contribution in [2.24, 2.45) is 5.73 Å². The molecule has 6 heteroatoms. The summed E-state index contributed by atoms with van der Waals surface area (Å²) >= 11 is 0. The standard InChI is InChI=1S/C16H23N3O3/c1-22-14-5-3-2-4-12(14)10-16(21)18-13-6-8-19(9-7-13)11-15(17)20/h2-5,13H,6-11H2,1H3,(H2,17,20)(H,18,21). The van der Waals surface area contributed by atoms with Crippen LogP contribution in [0.4, 0.5) is 0 Å². The van der Waals surface area contributed by atoms with Crippen LogP contribution in [-0.2, 0) is 16.0 Å². The molecule has 0 unspecified atom stereocenters. The van der Waals surface area contributed by atoms with E-state index in [-0.39, 0.29) is 17.9 Å². The highest BCUT2D eigenvalue weighted by atomic mass is 16.5. The monoisotopic (exact) mass is 305 g/mol. The van der Waals surface area contributed by atoms with Crippen LogP contribution in [0.2, 0.25) is 0 Å². The molecule has 1 heterocycles. The number of para-hydroxylation sites is 1. The average Bonchev–Trinajstić information content (AvgIpc) is 2.49. The van der Waals surface area contributed by atoms with Crippen molar-refractivity contribution in [1.82, 2.24) is 10.2 Å². The van der Waals surface area contributed by atoms with Crippen LogP contribution in [0.25, 0.3) is 0 Å². The van der Waals surface area contributed by atoms with Gasteiger partial charge in [0.1, 0.15) is 5.75 Å². The Hall–Kier alpha value is -2.08. The fraction of sp³-hybridized carbons (Fsp3) is 0.500. The number of piperidine rings is 1. The summed E-state index contributed by atoms with van der Waals surface area (Å²) in [5, 5.41) is 3.06. The molecule has 0 aliphatic carbocycles. The average molecular weight is 305 g/mol. The molecule has 3 N–H and O–H groups in total. The minimum absolute atomic E-state index is 0.00199. The first-order chi connectivity index (χ1) is 10.6. The van der Waals surface area contributed by atoms with Crippen LogP contribution in [0.5, 0.6) is 5.75 Å². The van der Waals surface area contributed by atoms with Crippen LogP contribution in [-0.4, -0.2) is 49.5 Å². The second-order valence-electron chi connectivity index (χ2n) is 5.57. The van der Waals surface area contributed by atoms with E-state index < -0.39 is 0 Å². The van der Waals surface area contributed by atoms with E-state index >= 15 is 0 Å². The van der Waals surface area contributed by atoms with E-state index in [1.54, 1.807) is 7.11 Å². The first kappa shape index (κ1) is 16.3. The topological polar surface area (TPSA) is 84.7 Å². The lowest BCUT2D eigenvalue weighted by molar-refractivity contribution is -0.122. The van der Waals surface area contributed by atoms with Gasteiger partial charge >= 0.3 is 0 Å². The van der Waals surface area contributed by atoms with Gasteiger partial charge in [0, 0.05) is 24.7 Å². The summed E-state index contributed by atoms with van der Waals surface area (Å²) in [5.41, 5.74) is 6.07. The normalized spacial score (nSPS) is 16.2. The zero-order valence-corrected chi connectivity index (χ0v) is 12.9. The van der Waals surface area contributed by atoms with Gasteiger partial charge in [-0.2, -0.15) is 0 Å². The molecule has 2 rings (SSSR count). The number of carbonyl (C=O) groups excluding carboxylic acids is 2. The highest BCUT2D eigenvalue weighted by Gasteiger charge is 2.21. The van der Waals surface area contributed by atoms with Crippen molar-refractivity contribution >= 4 is 11.8 Å². The van der Waals surface area contributed by atoms with Crippen molar-refractivity contribution in [2.45, 2.75) is 25.3 Å². The van der Waals surface area contributed by atoms with Gasteiger partial charge in [0.2, 0.25) is 11.8 Å². The third kappa shape index (κ3) is 4.73. The zero-order valence-electron chi connectivity index (χ0n) is 12.9. The maximum Gasteiger partial charge on any atom is 0.231 e. The van der Waals surface area contributed by atoms with Crippen LogP contribution in [0.15, 0.2) is 24.3 Å². The molecular weight excluding hydrogens is 282 g/mol. The third-order valence-electron chi connectivity index (χ3n) is 3.88. The highest BCUT2D eigenvalue weighted by molar-refractivity contribution is 5.79. The number of likely N-dealkylation sites (tertiary alicyclic amines) is 1. The number of benzene rings is 1. The predicted octanol–water partition coefficient (Wildman–Crippen LogP) is 0.304. The minimum Gasteiger partial charge on any atom is -0.496 e. The number of nitrogens with zero attached hydrogens (tertiary/aromatic N) is 1. The van der Waals surface area contributed by atoms with E-state index in [1.165, 1.54) is 0 Å². The maximum absolute atomic E-state index is 12.2. The van der Waals surface area contributed by atoms with Gasteiger partial charge in [-0.1, -0.05) is 18.2 Å². The number of amides is 2. The molecule has 1 saturated heterocycles. The van der Waals surface area contributed by atoms with Crippen LogP contribution in [0, 0.1) is 0 Å². The molecule has 22 heavy (non-hydrogen) atoms. The van der Waals surface area contributed by atoms with Gasteiger partial charge in [0.05, 0.1) is 20.1 Å². The zero-order chi connectivity index (χ0) is 15.9. The highest BCUT2D eigenvalue weighted by Crippen LogP contribution is 2.18. The van der Waals surface area contributed by atoms with Gasteiger partial charge in [-0.05, 0) is 18.9 Å². The van der Waals surface area contributed by atoms with Crippen LogP contribution in [0.3, 0.4) is 0 Å². The second-order valence-corrected chi connectivity index (χ2v) is 5.57. The molecule has 1 aliphatic rings. The lowest BCUT2D eigenvalue weighted by Gasteiger charge is -2.31. The summed E-state index contributed by atoms with van der Waals surface area (Å²) in [7, 11) is 1.60. The van der Waals surface area contributed by atoms with Crippen molar-refractivity contribution in [3.63, 3.8) is 0 Å². The number of rotatable bonds is 6. The smallest absolute Gasteiger partial charge is 0.231 e. The first-order valence-corrected chi connectivity index (χ1v) is 7.50. The third-order valence-corrected chi connectivity index (χ3v) is 3.88. The molecule has 0 saturated carbocycles. The minimum atomic E-state index is -0.307. The summed E-state index contributed by atoms with van der Waals surface area (Å²) in [4.78, 5) is 25.1. The van der Waals surface area contributed by atoms with Crippen LogP contribution >= 0.6 is 0 Å². The van der Waals surface area contributed by atoms with E-state index in [4.69, 9.17) is 10.5 Å². The Kier molecular flexibility index (Phi) is 5.77. The van der Waals surface area contributed by atoms with Crippen LogP contribution in [0.1, 0.15) is 18.4 Å². The SMILES string of the molecule is COc1ccccc1CC(=O)NC1CCN(CC(N)=O)CC1. The summed E-state index contributed by atoms with van der Waals surface area (Å²) in [6, 6.07) is 7.69. The lowest BCUT2D eigenvalue weighted by Crippen LogP contribution is -2.47. The van der Waals surface area contributed by atoms with Gasteiger partial charge in [-0.15, -0.1) is 0 Å². The number of nitrogens with two attached hydrogens (primary N) is 1. The molecule has 6 nitrogen and oxygen atoms in total. The van der Waals surface area contributed by atoms with E-state index in [0.717, 1.165) is 37.2 Å². The van der Waals surface area contributed by atoms with Crippen molar-refractivity contribution < 1.29 is 14.3 Å². The molecule has 1 aromatic carbocycles. The van der Waals surface area contributed by atoms with Crippen molar-refractivity contribution in [2.75, 3.05) is 26.7 Å². The van der Waals surface area contributed by atoms with Gasteiger partial charge < -0.3 is 15.8 Å². The second kappa shape index (κ2) is 7.79. The van der Waals surface area contributed by atoms with Gasteiger partial charge in [-0.25, -0.2) is 0 Å². The number of hydrogen-bond acceptors (Lipinski definition) is 4. The molecule has 0 aromatic heterocycles. The molecule has 120 valence electrons. The van der Waals surface area contributed by atoms with Gasteiger partial charge in [-0.3, -0.25) is 14.5 Å². The summed E-state index contributed by atoms with van der Waals surface area (Å²) in [5.74, 6) is 0.422. The molecule has 0 radical (unpaired) electrons. The molecular formula is C16H23N3O3. The van der Waals surface area contributed by atoms with E-state index in [9.17, 15) is 9.59 Å². The fourth-order valence-electron chi connectivity index (χ4n) is 2.76. The summed E-state index contributed by atoms with van der Waals surface area (Å²) < 4.78 is 5.26. The number of methoxy groups -OCH3 is 1. The summed E-state index contributed by atoms with van der Waals surface area (Å²) in [6.07, 6.45) is 1.99. The van der Waals surface area contributed by atoms with E-state index in [2.05, 4.69) is 5.32 Å². The first-order valence-electron chi connectivity index (χ1n) is 7.50. The Morgan fingerprint density at radius 3 is 2.64 bits per heavy atom. The predicted molar refractivity (Wildman–Crippen MR) is 83.5 cm³/mol. The lowest BCUT2D eigenvalue weighted by atomic mass is 10.0. The molecule has 1 aliphatic heterocycles. The molecule has 1 fully saturated rings. The fourth-order valence-corrected chi connectivity index (χ4v) is 2.76. The van der Waals surface area contributed by atoms with Crippen molar-refractivity contribution in [3.8, 4) is 5.75 Å². The number of nitrogens with one attached hydrogen (secondary N) is 1. The van der Waals surface area contributed by atoms with Gasteiger partial charge in [0.15, 0.2) is 0 Å². The Labute approximate surface area is 130 Å². The Bertz CT molecular complexity index is 525. The van der Waals surface area contributed by atoms with E-state index in [1.807, 2.05) is 29.2 Å². The quantitative estimate of drug-likeness (QED) is 0.792. The van der Waals surface area contributed by atoms with Crippen LogP contribution < -0.4 is 15.8 Å². The van der Waals surface area contributed by atoms with E-state index in [0.29, 0.717) is 13.0 Å². The Morgan fingerprint density at radius 1 is 1.32 bits per heavy atom. The summed E-state index contributed by atoms with van der Waals surface area (Å²) in [6.45, 7) is 1.85. The number of primary amides is 1. The van der Waals surface area contributed by atoms with Gasteiger partial charge in [0.25, 0.3) is 0 Å². The molecule has 2 amide bonds. The Morgan fingerprint density at radius 2 is 2.00 bits per heavy atom. The number of hydrogen-bond donors (Lipinski definition) is 2. The maximum atomic E-state index is 12.2. The largest absolute Gasteiger partial charge is 0.496 e. The van der Waals surface area contributed by atoms with Crippen molar-refractivity contribution in [3.05, 3.63) is 29.8 Å². The number of ether oxygens (including phenoxy) is 1. The number of carbonyl (C=O) groups is 2. The Balaban J connectivity index is 1.80. The molecule has 1 aromatic rings. The molecule has 0 atom stereocenters. The van der Waals surface area contributed by atoms with Crippen molar-refractivity contribution in [1.29, 1.82) is 0 Å². The molecule has 0 spiro atoms. The molecule has 0 bridgehead atoms.